The molecule has 1 amide bonds. The third-order valence-corrected chi connectivity index (χ3v) is 2.65. The standard InChI is InChI=1S/C12H14N4O3/c1-7-4-14-12(18)16(5-7)6-9-3-10(8(2)19-9)11(17)15-13/h3-5H,6,13H2,1-2H3,(H,15,17). The number of hydrogen-bond donors (Lipinski definition) is 2. The molecule has 2 heterocycles. The molecule has 0 aliphatic heterocycles. The zero-order valence-electron chi connectivity index (χ0n) is 10.6. The molecule has 0 atom stereocenters. The van der Waals surface area contributed by atoms with Crippen LogP contribution in [0.1, 0.15) is 27.4 Å². The Bertz CT molecular complexity index is 672. The maximum absolute atomic E-state index is 11.6. The van der Waals surface area contributed by atoms with Gasteiger partial charge in [0.15, 0.2) is 0 Å². The molecule has 2 rings (SSSR count). The van der Waals surface area contributed by atoms with Gasteiger partial charge in [-0.2, -0.15) is 0 Å². The molecule has 0 fully saturated rings. The van der Waals surface area contributed by atoms with Gasteiger partial charge in [-0.25, -0.2) is 15.6 Å². The van der Waals surface area contributed by atoms with E-state index in [-0.39, 0.29) is 12.2 Å². The third kappa shape index (κ3) is 2.71. The van der Waals surface area contributed by atoms with Gasteiger partial charge < -0.3 is 4.42 Å². The Morgan fingerprint density at radius 1 is 1.53 bits per heavy atom. The molecular formula is C12H14N4O3. The van der Waals surface area contributed by atoms with Crippen molar-refractivity contribution in [3.63, 3.8) is 0 Å². The number of hydrogen-bond acceptors (Lipinski definition) is 5. The Kier molecular flexibility index (Phi) is 3.48. The Labute approximate surface area is 109 Å². The number of rotatable bonds is 3. The number of nitrogens with two attached hydrogens (primary N) is 1. The van der Waals surface area contributed by atoms with Gasteiger partial charge in [-0.3, -0.25) is 14.8 Å². The second-order valence-electron chi connectivity index (χ2n) is 4.20. The summed E-state index contributed by atoms with van der Waals surface area (Å²) in [6.07, 6.45) is 3.18. The average Bonchev–Trinajstić information content (AvgIpc) is 2.74. The average molecular weight is 262 g/mol. The van der Waals surface area contributed by atoms with E-state index in [0.717, 1.165) is 5.56 Å². The van der Waals surface area contributed by atoms with E-state index >= 15 is 0 Å². The molecule has 100 valence electrons. The number of nitrogens with zero attached hydrogens (tertiary/aromatic N) is 2. The number of nitrogens with one attached hydrogen (secondary N) is 1. The molecular weight excluding hydrogens is 248 g/mol. The summed E-state index contributed by atoms with van der Waals surface area (Å²) in [5.74, 6) is 5.59. The van der Waals surface area contributed by atoms with Crippen LogP contribution in [0.25, 0.3) is 0 Å². The predicted molar refractivity (Wildman–Crippen MR) is 67.4 cm³/mol. The fourth-order valence-electron chi connectivity index (χ4n) is 1.77. The third-order valence-electron chi connectivity index (χ3n) is 2.65. The van der Waals surface area contributed by atoms with Crippen LogP contribution in [0.2, 0.25) is 0 Å². The molecule has 0 radical (unpaired) electrons. The van der Waals surface area contributed by atoms with Crippen molar-refractivity contribution < 1.29 is 9.21 Å². The summed E-state index contributed by atoms with van der Waals surface area (Å²) in [4.78, 5) is 26.7. The number of hydrazine groups is 1. The van der Waals surface area contributed by atoms with Gasteiger partial charge in [-0.1, -0.05) is 0 Å². The molecule has 0 bridgehead atoms. The van der Waals surface area contributed by atoms with Crippen molar-refractivity contribution in [1.29, 1.82) is 0 Å². The van der Waals surface area contributed by atoms with Gasteiger partial charge in [0.1, 0.15) is 11.5 Å². The van der Waals surface area contributed by atoms with E-state index < -0.39 is 5.91 Å². The Morgan fingerprint density at radius 3 is 2.95 bits per heavy atom. The lowest BCUT2D eigenvalue weighted by Crippen LogP contribution is -2.30. The molecule has 3 N–H and O–H groups in total. The molecule has 0 saturated carbocycles. The van der Waals surface area contributed by atoms with Crippen molar-refractivity contribution in [3.05, 3.63) is 51.6 Å². The molecule has 0 aliphatic rings. The minimum Gasteiger partial charge on any atom is -0.464 e. The Morgan fingerprint density at radius 2 is 2.26 bits per heavy atom. The number of carbonyl (C=O) groups is 1. The summed E-state index contributed by atoms with van der Waals surface area (Å²) in [7, 11) is 0. The number of furan rings is 1. The van der Waals surface area contributed by atoms with Gasteiger partial charge in [-0.05, 0) is 25.5 Å². The minimum absolute atomic E-state index is 0.214. The van der Waals surface area contributed by atoms with E-state index in [1.165, 1.54) is 10.8 Å². The lowest BCUT2D eigenvalue weighted by Gasteiger charge is -2.02. The van der Waals surface area contributed by atoms with Crippen molar-refractivity contribution in [2.45, 2.75) is 20.4 Å². The van der Waals surface area contributed by atoms with Crippen molar-refractivity contribution in [2.75, 3.05) is 0 Å². The molecule has 7 nitrogen and oxygen atoms in total. The van der Waals surface area contributed by atoms with Gasteiger partial charge in [0.05, 0.1) is 12.1 Å². The van der Waals surface area contributed by atoms with E-state index in [9.17, 15) is 9.59 Å². The lowest BCUT2D eigenvalue weighted by atomic mass is 10.2. The summed E-state index contributed by atoms with van der Waals surface area (Å²) in [6, 6.07) is 1.56. The first-order valence-electron chi connectivity index (χ1n) is 5.64. The molecule has 0 spiro atoms. The first-order chi connectivity index (χ1) is 9.01. The van der Waals surface area contributed by atoms with Crippen LogP contribution in [0.3, 0.4) is 0 Å². The molecule has 19 heavy (non-hydrogen) atoms. The van der Waals surface area contributed by atoms with Crippen molar-refractivity contribution in [2.24, 2.45) is 5.84 Å². The van der Waals surface area contributed by atoms with Crippen LogP contribution >= 0.6 is 0 Å². The molecule has 0 unspecified atom stereocenters. The molecule has 7 heteroatoms. The number of carbonyl (C=O) groups excluding carboxylic acids is 1. The highest BCUT2D eigenvalue weighted by Crippen LogP contribution is 2.15. The second-order valence-corrected chi connectivity index (χ2v) is 4.20. The number of aromatic nitrogens is 2. The summed E-state index contributed by atoms with van der Waals surface area (Å²) in [5.41, 5.74) is 2.89. The second kappa shape index (κ2) is 5.07. The largest absolute Gasteiger partial charge is 0.464 e. The Hall–Kier alpha value is -2.41. The fraction of sp³-hybridized carbons (Fsp3) is 0.250. The number of amides is 1. The van der Waals surface area contributed by atoms with Gasteiger partial charge in [0.2, 0.25) is 0 Å². The van der Waals surface area contributed by atoms with Crippen molar-refractivity contribution in [1.82, 2.24) is 15.0 Å². The van der Waals surface area contributed by atoms with Crippen LogP contribution in [0, 0.1) is 13.8 Å². The number of nitrogen functional groups attached to an aromatic ring is 1. The van der Waals surface area contributed by atoms with Gasteiger partial charge >= 0.3 is 5.69 Å². The van der Waals surface area contributed by atoms with E-state index in [4.69, 9.17) is 10.3 Å². The van der Waals surface area contributed by atoms with Gasteiger partial charge in [-0.15, -0.1) is 0 Å². The van der Waals surface area contributed by atoms with Crippen LogP contribution in [-0.4, -0.2) is 15.5 Å². The van der Waals surface area contributed by atoms with E-state index in [0.29, 0.717) is 17.1 Å². The van der Waals surface area contributed by atoms with Crippen LogP contribution in [0.15, 0.2) is 27.7 Å². The topological polar surface area (TPSA) is 103 Å². The summed E-state index contributed by atoms with van der Waals surface area (Å²) in [5, 5.41) is 0. The molecule has 0 aliphatic carbocycles. The summed E-state index contributed by atoms with van der Waals surface area (Å²) < 4.78 is 6.85. The SMILES string of the molecule is Cc1cnc(=O)n(Cc2cc(C(=O)NN)c(C)o2)c1. The van der Waals surface area contributed by atoms with Gasteiger partial charge in [0, 0.05) is 12.4 Å². The first kappa shape index (κ1) is 13.0. The van der Waals surface area contributed by atoms with Crippen LogP contribution in [0.5, 0.6) is 0 Å². The minimum atomic E-state index is -0.429. The highest BCUT2D eigenvalue weighted by Gasteiger charge is 2.14. The van der Waals surface area contributed by atoms with E-state index in [1.807, 2.05) is 12.3 Å². The summed E-state index contributed by atoms with van der Waals surface area (Å²) in [6.45, 7) is 3.71. The zero-order chi connectivity index (χ0) is 14.0. The predicted octanol–water partition coefficient (Wildman–Crippen LogP) is 0.105. The lowest BCUT2D eigenvalue weighted by molar-refractivity contribution is 0.0952. The quantitative estimate of drug-likeness (QED) is 0.464. The normalized spacial score (nSPS) is 10.5. The van der Waals surface area contributed by atoms with Gasteiger partial charge in [0.25, 0.3) is 5.91 Å². The highest BCUT2D eigenvalue weighted by molar-refractivity contribution is 5.94. The van der Waals surface area contributed by atoms with Crippen molar-refractivity contribution in [3.8, 4) is 0 Å². The fourth-order valence-corrected chi connectivity index (χ4v) is 1.77. The Balaban J connectivity index is 2.32. The monoisotopic (exact) mass is 262 g/mol. The van der Waals surface area contributed by atoms with E-state index in [1.54, 1.807) is 19.2 Å². The van der Waals surface area contributed by atoms with Crippen LogP contribution < -0.4 is 17.0 Å². The van der Waals surface area contributed by atoms with Crippen LogP contribution in [0.4, 0.5) is 0 Å². The van der Waals surface area contributed by atoms with E-state index in [2.05, 4.69) is 4.98 Å². The van der Waals surface area contributed by atoms with Crippen molar-refractivity contribution >= 4 is 5.91 Å². The highest BCUT2D eigenvalue weighted by atomic mass is 16.3. The first-order valence-corrected chi connectivity index (χ1v) is 5.64. The summed E-state index contributed by atoms with van der Waals surface area (Å²) >= 11 is 0. The molecule has 2 aromatic heterocycles. The molecule has 2 aromatic rings. The molecule has 0 aromatic carbocycles. The van der Waals surface area contributed by atoms with Crippen LogP contribution in [-0.2, 0) is 6.54 Å². The number of aryl methyl sites for hydroxylation is 2. The maximum atomic E-state index is 11.6. The molecule has 0 saturated heterocycles. The smallest absolute Gasteiger partial charge is 0.347 e. The zero-order valence-corrected chi connectivity index (χ0v) is 10.6. The maximum Gasteiger partial charge on any atom is 0.347 e.